The molecule has 29 heavy (non-hydrogen) atoms. The molecule has 1 unspecified atom stereocenters. The van der Waals surface area contributed by atoms with Gasteiger partial charge >= 0.3 is 0 Å². The van der Waals surface area contributed by atoms with Gasteiger partial charge in [-0.3, -0.25) is 9.59 Å². The predicted octanol–water partition coefficient (Wildman–Crippen LogP) is 2.93. The van der Waals surface area contributed by atoms with Gasteiger partial charge in [-0.05, 0) is 48.9 Å². The van der Waals surface area contributed by atoms with Gasteiger partial charge in [0.05, 0.1) is 5.92 Å². The van der Waals surface area contributed by atoms with Gasteiger partial charge < -0.3 is 10.6 Å². The van der Waals surface area contributed by atoms with Crippen LogP contribution in [0.1, 0.15) is 36.5 Å². The molecule has 1 aliphatic rings. The van der Waals surface area contributed by atoms with Crippen molar-refractivity contribution in [3.8, 4) is 0 Å². The molecule has 3 rings (SSSR count). The molecular weight excluding hydrogens is 410 g/mol. The standard InChI is InChI=1S/C20H25N3O4S2/c1-2-10-21-19(24)15-6-3-8-17(13-15)22-20(25)16-7-4-11-23(14-16)29(26,27)18-9-5-12-28-18/h3,5-6,8-9,12-13,16H,2,4,7,10-11,14H2,1H3,(H,21,24)(H,22,25). The summed E-state index contributed by atoms with van der Waals surface area (Å²) in [6.45, 7) is 3.13. The van der Waals surface area contributed by atoms with Crippen molar-refractivity contribution in [2.24, 2.45) is 5.92 Å². The minimum atomic E-state index is -3.57. The number of nitrogens with one attached hydrogen (secondary N) is 2. The third-order valence-electron chi connectivity index (χ3n) is 4.77. The second-order valence-electron chi connectivity index (χ2n) is 6.96. The van der Waals surface area contributed by atoms with E-state index in [1.165, 1.54) is 15.6 Å². The number of sulfonamides is 1. The predicted molar refractivity (Wildman–Crippen MR) is 113 cm³/mol. The van der Waals surface area contributed by atoms with E-state index in [-0.39, 0.29) is 18.4 Å². The minimum Gasteiger partial charge on any atom is -0.352 e. The van der Waals surface area contributed by atoms with Gasteiger partial charge in [-0.2, -0.15) is 4.31 Å². The summed E-state index contributed by atoms with van der Waals surface area (Å²) in [6, 6.07) is 10.0. The van der Waals surface area contributed by atoms with Crippen molar-refractivity contribution < 1.29 is 18.0 Å². The average Bonchev–Trinajstić information content (AvgIpc) is 3.28. The first-order valence-corrected chi connectivity index (χ1v) is 12.0. The second kappa shape index (κ2) is 9.51. The van der Waals surface area contributed by atoms with Crippen LogP contribution in [-0.2, 0) is 14.8 Å². The lowest BCUT2D eigenvalue weighted by Crippen LogP contribution is -2.43. The van der Waals surface area contributed by atoms with Crippen molar-refractivity contribution in [1.82, 2.24) is 9.62 Å². The van der Waals surface area contributed by atoms with E-state index in [4.69, 9.17) is 0 Å². The number of anilines is 1. The quantitative estimate of drug-likeness (QED) is 0.699. The summed E-state index contributed by atoms with van der Waals surface area (Å²) < 4.78 is 27.2. The van der Waals surface area contributed by atoms with E-state index in [1.54, 1.807) is 41.8 Å². The van der Waals surface area contributed by atoms with Gasteiger partial charge in [-0.25, -0.2) is 8.42 Å². The summed E-state index contributed by atoms with van der Waals surface area (Å²) in [4.78, 5) is 24.9. The lowest BCUT2D eigenvalue weighted by Gasteiger charge is -2.30. The van der Waals surface area contributed by atoms with Gasteiger partial charge in [-0.1, -0.05) is 19.1 Å². The van der Waals surface area contributed by atoms with Gasteiger partial charge in [0, 0.05) is 30.9 Å². The molecule has 0 saturated carbocycles. The van der Waals surface area contributed by atoms with Crippen molar-refractivity contribution in [2.75, 3.05) is 25.0 Å². The maximum absolute atomic E-state index is 12.7. The number of nitrogens with zero attached hydrogens (tertiary/aromatic N) is 1. The minimum absolute atomic E-state index is 0.155. The number of thiophene rings is 1. The Bertz CT molecular complexity index is 958. The molecule has 0 aliphatic carbocycles. The van der Waals surface area contributed by atoms with Crippen molar-refractivity contribution in [2.45, 2.75) is 30.4 Å². The van der Waals surface area contributed by atoms with Crippen LogP contribution in [0.25, 0.3) is 0 Å². The van der Waals surface area contributed by atoms with Crippen LogP contribution in [0, 0.1) is 5.92 Å². The van der Waals surface area contributed by atoms with E-state index in [9.17, 15) is 18.0 Å². The number of piperidine rings is 1. The number of hydrogen-bond donors (Lipinski definition) is 2. The number of carbonyl (C=O) groups is 2. The van der Waals surface area contributed by atoms with E-state index in [1.807, 2.05) is 6.92 Å². The fraction of sp³-hybridized carbons (Fsp3) is 0.400. The molecule has 1 aromatic carbocycles. The molecule has 1 aliphatic heterocycles. The van der Waals surface area contributed by atoms with Crippen LogP contribution < -0.4 is 10.6 Å². The summed E-state index contributed by atoms with van der Waals surface area (Å²) in [5.41, 5.74) is 0.999. The molecule has 156 valence electrons. The topological polar surface area (TPSA) is 95.6 Å². The van der Waals surface area contributed by atoms with Gasteiger partial charge in [0.15, 0.2) is 0 Å². The molecule has 1 saturated heterocycles. The Labute approximate surface area is 175 Å². The summed E-state index contributed by atoms with van der Waals surface area (Å²) >= 11 is 1.18. The zero-order chi connectivity index (χ0) is 20.9. The highest BCUT2D eigenvalue weighted by Gasteiger charge is 2.33. The molecule has 2 N–H and O–H groups in total. The Morgan fingerprint density at radius 3 is 2.79 bits per heavy atom. The Balaban J connectivity index is 1.66. The molecule has 1 atom stereocenters. The fourth-order valence-corrected chi connectivity index (χ4v) is 5.90. The smallest absolute Gasteiger partial charge is 0.252 e. The first-order chi connectivity index (χ1) is 13.9. The Kier molecular flexibility index (Phi) is 7.05. The van der Waals surface area contributed by atoms with Crippen molar-refractivity contribution >= 4 is 38.9 Å². The highest BCUT2D eigenvalue weighted by Crippen LogP contribution is 2.27. The monoisotopic (exact) mass is 435 g/mol. The average molecular weight is 436 g/mol. The van der Waals surface area contributed by atoms with E-state index in [0.29, 0.717) is 41.4 Å². The SMILES string of the molecule is CCCNC(=O)c1cccc(NC(=O)C2CCCN(S(=O)(=O)c3cccs3)C2)c1. The van der Waals surface area contributed by atoms with Crippen LogP contribution in [0.3, 0.4) is 0 Å². The highest BCUT2D eigenvalue weighted by atomic mass is 32.2. The number of hydrogen-bond acceptors (Lipinski definition) is 5. The van der Waals surface area contributed by atoms with Crippen molar-refractivity contribution in [3.63, 3.8) is 0 Å². The van der Waals surface area contributed by atoms with Crippen LogP contribution in [0.15, 0.2) is 46.0 Å². The first kappa shape index (κ1) is 21.5. The lowest BCUT2D eigenvalue weighted by atomic mass is 9.98. The third kappa shape index (κ3) is 5.23. The zero-order valence-corrected chi connectivity index (χ0v) is 17.9. The van der Waals surface area contributed by atoms with E-state index >= 15 is 0 Å². The van der Waals surface area contributed by atoms with Crippen LogP contribution in [0.2, 0.25) is 0 Å². The van der Waals surface area contributed by atoms with Gasteiger partial charge in [0.1, 0.15) is 4.21 Å². The normalized spacial score (nSPS) is 17.6. The fourth-order valence-electron chi connectivity index (χ4n) is 3.24. The Morgan fingerprint density at radius 1 is 1.24 bits per heavy atom. The molecule has 7 nitrogen and oxygen atoms in total. The first-order valence-electron chi connectivity index (χ1n) is 9.64. The Morgan fingerprint density at radius 2 is 2.07 bits per heavy atom. The van der Waals surface area contributed by atoms with Gasteiger partial charge in [0.25, 0.3) is 15.9 Å². The molecule has 9 heteroatoms. The molecule has 0 bridgehead atoms. The molecular formula is C20H25N3O4S2. The summed E-state index contributed by atoms with van der Waals surface area (Å²) in [5.74, 6) is -0.855. The van der Waals surface area contributed by atoms with Crippen molar-refractivity contribution in [1.29, 1.82) is 0 Å². The van der Waals surface area contributed by atoms with Crippen LogP contribution in [0.5, 0.6) is 0 Å². The zero-order valence-electron chi connectivity index (χ0n) is 16.3. The number of carbonyl (C=O) groups excluding carboxylic acids is 2. The molecule has 2 aromatic rings. The Hall–Kier alpha value is -2.23. The maximum Gasteiger partial charge on any atom is 0.252 e. The molecule has 2 amide bonds. The number of amides is 2. The van der Waals surface area contributed by atoms with Gasteiger partial charge in [-0.15, -0.1) is 11.3 Å². The largest absolute Gasteiger partial charge is 0.352 e. The van der Waals surface area contributed by atoms with Gasteiger partial charge in [0.2, 0.25) is 5.91 Å². The summed E-state index contributed by atoms with van der Waals surface area (Å²) in [6.07, 6.45) is 2.09. The van der Waals surface area contributed by atoms with E-state index in [2.05, 4.69) is 10.6 Å². The van der Waals surface area contributed by atoms with E-state index < -0.39 is 15.9 Å². The number of rotatable bonds is 7. The van der Waals surface area contributed by atoms with Crippen LogP contribution in [-0.4, -0.2) is 44.2 Å². The van der Waals surface area contributed by atoms with E-state index in [0.717, 1.165) is 6.42 Å². The summed E-state index contributed by atoms with van der Waals surface area (Å²) in [5, 5.41) is 7.36. The lowest BCUT2D eigenvalue weighted by molar-refractivity contribution is -0.120. The highest BCUT2D eigenvalue weighted by molar-refractivity contribution is 7.91. The molecule has 0 radical (unpaired) electrons. The number of benzene rings is 1. The molecule has 2 heterocycles. The molecule has 1 fully saturated rings. The molecule has 1 aromatic heterocycles. The van der Waals surface area contributed by atoms with Crippen LogP contribution >= 0.6 is 11.3 Å². The molecule has 0 spiro atoms. The van der Waals surface area contributed by atoms with Crippen LogP contribution in [0.4, 0.5) is 5.69 Å². The van der Waals surface area contributed by atoms with Crippen molar-refractivity contribution in [3.05, 3.63) is 47.3 Å². The summed E-state index contributed by atoms with van der Waals surface area (Å²) in [7, 11) is -3.57. The maximum atomic E-state index is 12.7. The third-order valence-corrected chi connectivity index (χ3v) is 8.01. The second-order valence-corrected chi connectivity index (χ2v) is 10.1.